The third-order valence-corrected chi connectivity index (χ3v) is 2.29. The summed E-state index contributed by atoms with van der Waals surface area (Å²) >= 11 is 0.440. The number of halogens is 4. The van der Waals surface area contributed by atoms with E-state index in [1.165, 1.54) is 24.1 Å². The van der Waals surface area contributed by atoms with Gasteiger partial charge in [-0.25, -0.2) is 22.4 Å². The quantitative estimate of drug-likeness (QED) is 0.426. The minimum absolute atomic E-state index is 0.440. The monoisotopic (exact) mass is 311 g/mol. The summed E-state index contributed by atoms with van der Waals surface area (Å²) in [6, 6.07) is 0. The van der Waals surface area contributed by atoms with Gasteiger partial charge in [-0.05, 0) is 20.8 Å². The van der Waals surface area contributed by atoms with E-state index in [0.29, 0.717) is 22.4 Å². The van der Waals surface area contributed by atoms with E-state index in [4.69, 9.17) is 0 Å². The number of hydrogen-bond donors (Lipinski definition) is 0. The van der Waals surface area contributed by atoms with Crippen molar-refractivity contribution in [2.45, 2.75) is 20.8 Å². The minimum atomic E-state index is -4.53. The van der Waals surface area contributed by atoms with Gasteiger partial charge in [0.05, 0.1) is 26.7 Å². The van der Waals surface area contributed by atoms with Gasteiger partial charge in [-0.1, -0.05) is 0 Å². The topological polar surface area (TPSA) is 0 Å². The molecule has 0 heterocycles. The van der Waals surface area contributed by atoms with Crippen LogP contribution < -0.4 is 0 Å². The maximum atomic E-state index is 10.4. The van der Waals surface area contributed by atoms with Gasteiger partial charge < -0.3 is 17.4 Å². The Hall–Kier alpha value is 0.545. The highest BCUT2D eigenvalue weighted by Gasteiger charge is 2.13. The summed E-state index contributed by atoms with van der Waals surface area (Å²) in [6.45, 7) is 10.5. The molecule has 0 saturated carbocycles. The summed E-state index contributed by atoms with van der Waals surface area (Å²) < 4.78 is 32.4. The Morgan fingerprint density at radius 1 is 1.00 bits per heavy atom. The molecule has 0 aromatic heterocycles. The van der Waals surface area contributed by atoms with E-state index in [1.54, 1.807) is 0 Å². The molecule has 13 heavy (non-hydrogen) atoms. The van der Waals surface area contributed by atoms with Crippen LogP contribution in [0.3, 0.4) is 0 Å². The van der Waals surface area contributed by atoms with Crippen molar-refractivity contribution < 1.29 is 17.4 Å². The smallest absolute Gasteiger partial charge is 0.440 e. The zero-order valence-electron chi connectivity index (χ0n) is 8.66. The molecule has 0 atom stereocenters. The van der Waals surface area contributed by atoms with Crippen molar-refractivity contribution in [2.24, 2.45) is 0 Å². The number of nitrogens with zero attached hydrogens (tertiary/aromatic N) is 1. The maximum absolute atomic E-state index is 10.4. The van der Waals surface area contributed by atoms with Crippen LogP contribution in [0, 0.1) is 0 Å². The van der Waals surface area contributed by atoms with Crippen LogP contribution >= 0.6 is 22.4 Å². The highest BCUT2D eigenvalue weighted by Crippen LogP contribution is 2.15. The molecule has 82 valence electrons. The van der Waals surface area contributed by atoms with E-state index in [0.717, 1.165) is 0 Å². The Morgan fingerprint density at radius 3 is 1.15 bits per heavy atom. The van der Waals surface area contributed by atoms with E-state index in [2.05, 4.69) is 27.8 Å². The molecule has 0 saturated heterocycles. The molecule has 0 aliphatic heterocycles. The van der Waals surface area contributed by atoms with Crippen molar-refractivity contribution >= 4 is 27.2 Å². The lowest BCUT2D eigenvalue weighted by molar-refractivity contribution is -0.904. The first-order valence-electron chi connectivity index (χ1n) is 4.39. The molecule has 0 amide bonds. The van der Waals surface area contributed by atoms with Crippen molar-refractivity contribution in [3.05, 3.63) is 0 Å². The number of rotatable bonds is 3. The molecular weight excluding hydrogens is 293 g/mol. The van der Waals surface area contributed by atoms with Crippen LogP contribution in [0.25, 0.3) is 0 Å². The number of hydrogen-bond acceptors (Lipinski definition) is 0. The van der Waals surface area contributed by atoms with Crippen LogP contribution in [0.2, 0.25) is 0 Å². The van der Waals surface area contributed by atoms with E-state index in [9.17, 15) is 12.9 Å². The van der Waals surface area contributed by atoms with Crippen molar-refractivity contribution in [1.29, 1.82) is 0 Å². The maximum Gasteiger partial charge on any atom is 0.541 e. The van der Waals surface area contributed by atoms with Crippen molar-refractivity contribution in [3.8, 4) is 0 Å². The summed E-state index contributed by atoms with van der Waals surface area (Å²) in [7, 11) is 2.29. The van der Waals surface area contributed by atoms with Gasteiger partial charge >= 0.3 is 4.83 Å². The second kappa shape index (κ2) is 6.92. The van der Waals surface area contributed by atoms with Gasteiger partial charge in [-0.3, -0.25) is 0 Å². The third-order valence-electron chi connectivity index (χ3n) is 2.29. The average Bonchev–Trinajstić information content (AvgIpc) is 2.00. The van der Waals surface area contributed by atoms with Crippen LogP contribution in [-0.4, -0.2) is 36.0 Å². The molecule has 0 aromatic carbocycles. The SMILES string of the molecule is CC[N+](C)(CC)CC.F[B-](F)(F)I. The molecule has 6 heteroatoms. The normalized spacial score (nSPS) is 12.0. The van der Waals surface area contributed by atoms with Gasteiger partial charge in [0.25, 0.3) is 0 Å². The standard InChI is InChI=1S/C7H18N.BF3I/c1-5-8(4,6-2)7-3;2-1(3,4)5/h5-7H2,1-4H3;/q+1;-1. The summed E-state index contributed by atoms with van der Waals surface area (Å²) in [5, 5.41) is 0. The van der Waals surface area contributed by atoms with Crippen molar-refractivity contribution in [2.75, 3.05) is 26.7 Å². The van der Waals surface area contributed by atoms with E-state index in [-0.39, 0.29) is 0 Å². The third kappa shape index (κ3) is 15.3. The first-order chi connectivity index (χ1) is 5.68. The number of quaternary nitrogens is 1. The molecule has 0 rings (SSSR count). The average molecular weight is 311 g/mol. The summed E-state index contributed by atoms with van der Waals surface area (Å²) in [5.74, 6) is 0. The predicted octanol–water partition coefficient (Wildman–Crippen LogP) is 3.26. The Morgan fingerprint density at radius 2 is 1.15 bits per heavy atom. The van der Waals surface area contributed by atoms with Gasteiger partial charge in [-0.15, -0.1) is 0 Å². The Balaban J connectivity index is 0. The van der Waals surface area contributed by atoms with Crippen molar-refractivity contribution in [3.63, 3.8) is 0 Å². The van der Waals surface area contributed by atoms with Gasteiger partial charge in [0.15, 0.2) is 0 Å². The van der Waals surface area contributed by atoms with Crippen molar-refractivity contribution in [1.82, 2.24) is 0 Å². The Kier molecular flexibility index (Phi) is 8.51. The summed E-state index contributed by atoms with van der Waals surface area (Å²) in [4.78, 5) is -4.53. The van der Waals surface area contributed by atoms with E-state index < -0.39 is 4.83 Å². The molecule has 0 fully saturated rings. The highest BCUT2D eigenvalue weighted by atomic mass is 127. The molecule has 0 bridgehead atoms. The zero-order valence-corrected chi connectivity index (χ0v) is 10.8. The lowest BCUT2D eigenvalue weighted by Crippen LogP contribution is -2.42. The van der Waals surface area contributed by atoms with Gasteiger partial charge in [-0.2, -0.15) is 0 Å². The van der Waals surface area contributed by atoms with Crippen LogP contribution in [0.5, 0.6) is 0 Å². The molecule has 0 spiro atoms. The molecule has 0 aliphatic rings. The molecular formula is C7H18BF3IN. The highest BCUT2D eigenvalue weighted by molar-refractivity contribution is 14.1. The van der Waals surface area contributed by atoms with Gasteiger partial charge in [0.1, 0.15) is 0 Å². The molecule has 0 aliphatic carbocycles. The molecule has 0 aromatic rings. The van der Waals surface area contributed by atoms with E-state index >= 15 is 0 Å². The largest absolute Gasteiger partial charge is 0.541 e. The predicted molar refractivity (Wildman–Crippen MR) is 60.9 cm³/mol. The summed E-state index contributed by atoms with van der Waals surface area (Å²) in [5.41, 5.74) is 0. The Bertz CT molecular complexity index is 111. The Labute approximate surface area is 92.2 Å². The lowest BCUT2D eigenvalue weighted by Gasteiger charge is -2.30. The van der Waals surface area contributed by atoms with Gasteiger partial charge in [0, 0.05) is 0 Å². The molecule has 0 N–H and O–H groups in total. The van der Waals surface area contributed by atoms with Crippen LogP contribution in [-0.2, 0) is 0 Å². The van der Waals surface area contributed by atoms with Crippen LogP contribution in [0.4, 0.5) is 12.9 Å². The van der Waals surface area contributed by atoms with Gasteiger partial charge in [0.2, 0.25) is 0 Å². The summed E-state index contributed by atoms with van der Waals surface area (Å²) in [6.07, 6.45) is 0. The first-order valence-corrected chi connectivity index (χ1v) is 5.64. The molecule has 0 unspecified atom stereocenters. The van der Waals surface area contributed by atoms with E-state index in [1.807, 2.05) is 0 Å². The zero-order chi connectivity index (χ0) is 11.1. The fraction of sp³-hybridized carbons (Fsp3) is 1.00. The van der Waals surface area contributed by atoms with Crippen LogP contribution in [0.1, 0.15) is 20.8 Å². The first kappa shape index (κ1) is 16.0. The second-order valence-electron chi connectivity index (χ2n) is 3.06. The minimum Gasteiger partial charge on any atom is -0.440 e. The lowest BCUT2D eigenvalue weighted by atomic mass is 10.4. The molecule has 0 radical (unpaired) electrons. The fourth-order valence-electron chi connectivity index (χ4n) is 0.671. The molecule has 1 nitrogen and oxygen atoms in total. The second-order valence-corrected chi connectivity index (χ2v) is 4.48. The fourth-order valence-corrected chi connectivity index (χ4v) is 0.671. The van der Waals surface area contributed by atoms with Crippen LogP contribution in [0.15, 0.2) is 0 Å².